The van der Waals surface area contributed by atoms with Crippen molar-refractivity contribution in [2.24, 2.45) is 10.2 Å². The van der Waals surface area contributed by atoms with Gasteiger partial charge in [-0.1, -0.05) is 17.7 Å². The third-order valence-corrected chi connectivity index (χ3v) is 6.36. The first-order valence-electron chi connectivity index (χ1n) is 8.46. The number of aryl methyl sites for hydroxylation is 1. The Bertz CT molecular complexity index is 1360. The molecule has 5 nitrogen and oxygen atoms in total. The number of thiophene rings is 1. The van der Waals surface area contributed by atoms with Gasteiger partial charge in [0.1, 0.15) is 5.71 Å². The highest BCUT2D eigenvalue weighted by molar-refractivity contribution is 7.21. The third-order valence-electron chi connectivity index (χ3n) is 4.78. The van der Waals surface area contributed by atoms with Gasteiger partial charge in [-0.2, -0.15) is 5.10 Å². The summed E-state index contributed by atoms with van der Waals surface area (Å²) in [6, 6.07) is 9.74. The highest BCUT2D eigenvalue weighted by Gasteiger charge is 2.23. The van der Waals surface area contributed by atoms with Crippen molar-refractivity contribution in [1.82, 2.24) is 4.98 Å². The quantitative estimate of drug-likeness (QED) is 0.489. The van der Waals surface area contributed by atoms with Crippen molar-refractivity contribution in [3.8, 4) is 0 Å². The molecule has 0 unspecified atom stereocenters. The maximum absolute atomic E-state index is 11.6. The molecule has 2 aromatic carbocycles. The van der Waals surface area contributed by atoms with Crippen molar-refractivity contribution in [1.29, 1.82) is 0 Å². The van der Waals surface area contributed by atoms with E-state index in [1.54, 1.807) is 11.3 Å². The second-order valence-corrected chi connectivity index (χ2v) is 8.11. The lowest BCUT2D eigenvalue weighted by molar-refractivity contribution is 0.555. The Morgan fingerprint density at radius 3 is 2.89 bits per heavy atom. The number of nitrogens with one attached hydrogen (secondary N) is 1. The van der Waals surface area contributed by atoms with E-state index >= 15 is 0 Å². The number of aromatic amines is 1. The van der Waals surface area contributed by atoms with Crippen LogP contribution in [0.5, 0.6) is 0 Å². The molecule has 0 fully saturated rings. The first kappa shape index (κ1) is 16.5. The molecule has 0 spiro atoms. The molecule has 2 aromatic heterocycles. The largest absolute Gasteiger partial charge is 0.417 e. The maximum atomic E-state index is 11.6. The molecular weight excluding hydrogens is 382 g/mol. The number of rotatable bonds is 1. The second-order valence-electron chi connectivity index (χ2n) is 6.65. The standard InChI is InChI=1S/C20H14ClN3O2S/c1-9-6-11-7-14-15(26-20(25)22-14)8-12(11)18(24-23-9)19-10(2)17-13(21)4-3-5-16(17)27-19/h3-5,7-8H,6H2,1-2H3,(H,22,25). The van der Waals surface area contributed by atoms with Crippen LogP contribution < -0.4 is 5.76 Å². The van der Waals surface area contributed by atoms with Crippen LogP contribution in [0.25, 0.3) is 21.2 Å². The van der Waals surface area contributed by atoms with Gasteiger partial charge in [0.15, 0.2) is 5.58 Å². The number of aromatic nitrogens is 1. The molecule has 0 aliphatic carbocycles. The minimum absolute atomic E-state index is 0.459. The van der Waals surface area contributed by atoms with Gasteiger partial charge in [0.2, 0.25) is 0 Å². The number of hydrogen-bond donors (Lipinski definition) is 1. The van der Waals surface area contributed by atoms with Gasteiger partial charge >= 0.3 is 5.76 Å². The molecular formula is C20H14ClN3O2S. The molecule has 0 bridgehead atoms. The number of benzene rings is 2. The summed E-state index contributed by atoms with van der Waals surface area (Å²) in [5.41, 5.74) is 5.95. The molecule has 4 aromatic rings. The Morgan fingerprint density at radius 2 is 2.07 bits per heavy atom. The molecule has 0 saturated carbocycles. The van der Waals surface area contributed by atoms with Crippen LogP contribution in [0.4, 0.5) is 0 Å². The number of H-pyrrole nitrogens is 1. The summed E-state index contributed by atoms with van der Waals surface area (Å²) in [4.78, 5) is 15.4. The average Bonchev–Trinajstić information content (AvgIpc) is 3.10. The van der Waals surface area contributed by atoms with Crippen molar-refractivity contribution in [3.63, 3.8) is 0 Å². The molecule has 3 heterocycles. The summed E-state index contributed by atoms with van der Waals surface area (Å²) in [5, 5.41) is 10.7. The van der Waals surface area contributed by atoms with Crippen LogP contribution >= 0.6 is 22.9 Å². The van der Waals surface area contributed by atoms with Crippen molar-refractivity contribution in [2.75, 3.05) is 0 Å². The summed E-state index contributed by atoms with van der Waals surface area (Å²) < 4.78 is 6.38. The van der Waals surface area contributed by atoms with Crippen LogP contribution in [0.2, 0.25) is 5.02 Å². The van der Waals surface area contributed by atoms with Crippen molar-refractivity contribution >= 4 is 55.5 Å². The van der Waals surface area contributed by atoms with Gasteiger partial charge in [-0.15, -0.1) is 16.4 Å². The molecule has 1 N–H and O–H groups in total. The van der Waals surface area contributed by atoms with E-state index in [-0.39, 0.29) is 0 Å². The summed E-state index contributed by atoms with van der Waals surface area (Å²) in [6.07, 6.45) is 0.663. The van der Waals surface area contributed by atoms with Crippen LogP contribution in [-0.4, -0.2) is 16.4 Å². The lowest BCUT2D eigenvalue weighted by Gasteiger charge is -2.09. The highest BCUT2D eigenvalue weighted by Crippen LogP contribution is 2.38. The van der Waals surface area contributed by atoms with Gasteiger partial charge in [0, 0.05) is 32.8 Å². The predicted molar refractivity (Wildman–Crippen MR) is 111 cm³/mol. The molecule has 7 heteroatoms. The van der Waals surface area contributed by atoms with Gasteiger partial charge in [-0.05, 0) is 49.2 Å². The Kier molecular flexibility index (Phi) is 3.60. The zero-order valence-corrected chi connectivity index (χ0v) is 16.2. The van der Waals surface area contributed by atoms with E-state index in [4.69, 9.17) is 16.0 Å². The maximum Gasteiger partial charge on any atom is 0.417 e. The molecule has 0 saturated heterocycles. The number of fused-ring (bicyclic) bond motifs is 3. The number of hydrogen-bond acceptors (Lipinski definition) is 5. The topological polar surface area (TPSA) is 70.7 Å². The number of halogens is 1. The summed E-state index contributed by atoms with van der Waals surface area (Å²) >= 11 is 8.08. The first-order valence-corrected chi connectivity index (χ1v) is 9.66. The highest BCUT2D eigenvalue weighted by atomic mass is 35.5. The Labute approximate surface area is 163 Å². The Morgan fingerprint density at radius 1 is 1.22 bits per heavy atom. The molecule has 134 valence electrons. The molecule has 1 aliphatic rings. The minimum Gasteiger partial charge on any atom is -0.408 e. The summed E-state index contributed by atoms with van der Waals surface area (Å²) in [5.74, 6) is -0.459. The Hall–Kier alpha value is -2.70. The number of oxazole rings is 1. The van der Waals surface area contributed by atoms with E-state index < -0.39 is 5.76 Å². The van der Waals surface area contributed by atoms with Gasteiger partial charge in [-0.25, -0.2) is 4.79 Å². The fourth-order valence-corrected chi connectivity index (χ4v) is 5.16. The van der Waals surface area contributed by atoms with E-state index in [0.717, 1.165) is 48.1 Å². The van der Waals surface area contributed by atoms with Gasteiger partial charge in [0.05, 0.1) is 10.4 Å². The molecule has 1 aliphatic heterocycles. The van der Waals surface area contributed by atoms with E-state index in [1.807, 2.05) is 31.2 Å². The van der Waals surface area contributed by atoms with Crippen LogP contribution in [0.1, 0.15) is 28.5 Å². The monoisotopic (exact) mass is 395 g/mol. The van der Waals surface area contributed by atoms with E-state index in [0.29, 0.717) is 17.5 Å². The van der Waals surface area contributed by atoms with Gasteiger partial charge in [-0.3, -0.25) is 4.98 Å². The lowest BCUT2D eigenvalue weighted by Crippen LogP contribution is -2.06. The van der Waals surface area contributed by atoms with E-state index in [1.165, 1.54) is 0 Å². The van der Waals surface area contributed by atoms with Crippen molar-refractivity contribution in [2.45, 2.75) is 20.3 Å². The fraction of sp³-hybridized carbons (Fsp3) is 0.150. The molecule has 0 radical (unpaired) electrons. The zero-order chi connectivity index (χ0) is 18.7. The first-order chi connectivity index (χ1) is 13.0. The summed E-state index contributed by atoms with van der Waals surface area (Å²) in [6.45, 7) is 4.01. The molecule has 0 amide bonds. The van der Waals surface area contributed by atoms with Crippen molar-refractivity contribution < 1.29 is 4.42 Å². The predicted octanol–water partition coefficient (Wildman–Crippen LogP) is 5.07. The van der Waals surface area contributed by atoms with Crippen LogP contribution in [-0.2, 0) is 6.42 Å². The normalized spacial score (nSPS) is 14.2. The fourth-order valence-electron chi connectivity index (χ4n) is 3.56. The van der Waals surface area contributed by atoms with E-state index in [2.05, 4.69) is 28.2 Å². The molecule has 5 rings (SSSR count). The van der Waals surface area contributed by atoms with Crippen molar-refractivity contribution in [3.05, 3.63) is 67.5 Å². The van der Waals surface area contributed by atoms with Crippen LogP contribution in [0, 0.1) is 6.92 Å². The molecule has 0 atom stereocenters. The van der Waals surface area contributed by atoms with Gasteiger partial charge in [0.25, 0.3) is 0 Å². The second kappa shape index (κ2) is 5.90. The minimum atomic E-state index is -0.459. The molecule has 27 heavy (non-hydrogen) atoms. The van der Waals surface area contributed by atoms with Crippen LogP contribution in [0.3, 0.4) is 0 Å². The van der Waals surface area contributed by atoms with Crippen LogP contribution in [0.15, 0.2) is 49.7 Å². The third kappa shape index (κ3) is 2.56. The van der Waals surface area contributed by atoms with Gasteiger partial charge < -0.3 is 4.42 Å². The van der Waals surface area contributed by atoms with E-state index in [9.17, 15) is 4.79 Å². The average molecular weight is 396 g/mol. The Balaban J connectivity index is 1.82. The lowest BCUT2D eigenvalue weighted by atomic mass is 9.96. The SMILES string of the molecule is CC1=NN=C(c2sc3cccc(Cl)c3c2C)c2cc3oc(=O)[nH]c3cc2C1. The zero-order valence-electron chi connectivity index (χ0n) is 14.6. The smallest absolute Gasteiger partial charge is 0.408 e. The summed E-state index contributed by atoms with van der Waals surface area (Å²) in [7, 11) is 0. The number of nitrogens with zero attached hydrogens (tertiary/aromatic N) is 2.